The van der Waals surface area contributed by atoms with Gasteiger partial charge in [0.1, 0.15) is 15.8 Å². The minimum absolute atomic E-state index is 0.292. The van der Waals surface area contributed by atoms with E-state index in [4.69, 9.17) is 32.7 Å². The Balaban J connectivity index is 1.95. The van der Waals surface area contributed by atoms with Crippen LogP contribution in [0.3, 0.4) is 0 Å². The third-order valence-electron chi connectivity index (χ3n) is 4.08. The van der Waals surface area contributed by atoms with Crippen LogP contribution in [0.1, 0.15) is 27.5 Å². The molecule has 0 radical (unpaired) electrons. The predicted molar refractivity (Wildman–Crippen MR) is 110 cm³/mol. The van der Waals surface area contributed by atoms with Gasteiger partial charge in [0.25, 0.3) is 5.91 Å². The molecule has 7 heteroatoms. The fourth-order valence-corrected chi connectivity index (χ4v) is 4.11. The van der Waals surface area contributed by atoms with Crippen LogP contribution in [0.2, 0.25) is 8.67 Å². The predicted octanol–water partition coefficient (Wildman–Crippen LogP) is 5.59. The highest BCUT2D eigenvalue weighted by Crippen LogP contribution is 2.32. The van der Waals surface area contributed by atoms with Gasteiger partial charge in [0.05, 0.1) is 30.2 Å². The first-order chi connectivity index (χ1) is 13.0. The van der Waals surface area contributed by atoms with Gasteiger partial charge in [-0.05, 0) is 41.5 Å². The lowest BCUT2D eigenvalue weighted by molar-refractivity contribution is 0.0943. The van der Waals surface area contributed by atoms with Crippen molar-refractivity contribution in [3.63, 3.8) is 0 Å². The van der Waals surface area contributed by atoms with E-state index in [2.05, 4.69) is 5.32 Å². The van der Waals surface area contributed by atoms with Crippen LogP contribution < -0.4 is 14.8 Å². The van der Waals surface area contributed by atoms with E-state index >= 15 is 0 Å². The summed E-state index contributed by atoms with van der Waals surface area (Å²) in [6, 6.07) is 16.3. The summed E-state index contributed by atoms with van der Waals surface area (Å²) in [6.07, 6.45) is 0. The number of methoxy groups -OCH3 is 2. The highest BCUT2D eigenvalue weighted by Gasteiger charge is 2.21. The number of rotatable bonds is 6. The van der Waals surface area contributed by atoms with Gasteiger partial charge in [-0.1, -0.05) is 47.5 Å². The van der Waals surface area contributed by atoms with E-state index < -0.39 is 0 Å². The SMILES string of the molecule is COc1ccc(C(NC(=O)c2cc(Cl)sc2Cl)c2ccc(OC)cc2)cc1. The van der Waals surface area contributed by atoms with E-state index in [1.165, 1.54) is 0 Å². The highest BCUT2D eigenvalue weighted by atomic mass is 35.5. The van der Waals surface area contributed by atoms with Crippen molar-refractivity contribution >= 4 is 40.4 Å². The summed E-state index contributed by atoms with van der Waals surface area (Å²) in [5.74, 6) is 1.19. The number of ether oxygens (including phenoxy) is 2. The van der Waals surface area contributed by atoms with Gasteiger partial charge in [0.15, 0.2) is 0 Å². The Morgan fingerprint density at radius 3 is 1.78 bits per heavy atom. The van der Waals surface area contributed by atoms with Crippen LogP contribution >= 0.6 is 34.5 Å². The molecule has 1 N–H and O–H groups in total. The van der Waals surface area contributed by atoms with E-state index in [0.29, 0.717) is 14.2 Å². The van der Waals surface area contributed by atoms with Crippen molar-refractivity contribution in [2.24, 2.45) is 0 Å². The van der Waals surface area contributed by atoms with Gasteiger partial charge in [0.2, 0.25) is 0 Å². The molecule has 1 heterocycles. The summed E-state index contributed by atoms with van der Waals surface area (Å²) >= 11 is 13.3. The molecule has 3 aromatic rings. The fourth-order valence-electron chi connectivity index (χ4n) is 2.66. The molecular formula is C20H17Cl2NO3S. The average molecular weight is 422 g/mol. The van der Waals surface area contributed by atoms with Crippen LogP contribution in [-0.2, 0) is 0 Å². The van der Waals surface area contributed by atoms with Crippen LogP contribution in [0, 0.1) is 0 Å². The van der Waals surface area contributed by atoms with Gasteiger partial charge in [-0.25, -0.2) is 0 Å². The summed E-state index contributed by atoms with van der Waals surface area (Å²) in [6.45, 7) is 0. The maximum absolute atomic E-state index is 12.8. The number of nitrogens with one attached hydrogen (secondary N) is 1. The molecule has 140 valence electrons. The van der Waals surface area contributed by atoms with Crippen LogP contribution in [0.4, 0.5) is 0 Å². The molecule has 0 bridgehead atoms. The van der Waals surface area contributed by atoms with E-state index in [-0.39, 0.29) is 11.9 Å². The summed E-state index contributed by atoms with van der Waals surface area (Å²) in [5, 5.41) is 3.04. The maximum atomic E-state index is 12.8. The number of halogens is 2. The third-order valence-corrected chi connectivity index (χ3v) is 5.56. The van der Waals surface area contributed by atoms with Gasteiger partial charge >= 0.3 is 0 Å². The largest absolute Gasteiger partial charge is 0.497 e. The van der Waals surface area contributed by atoms with Crippen molar-refractivity contribution in [1.29, 1.82) is 0 Å². The Bertz CT molecular complexity index is 876. The summed E-state index contributed by atoms with van der Waals surface area (Å²) in [4.78, 5) is 12.8. The Hall–Kier alpha value is -2.21. The highest BCUT2D eigenvalue weighted by molar-refractivity contribution is 7.20. The molecular weight excluding hydrogens is 405 g/mol. The van der Waals surface area contributed by atoms with E-state index in [1.54, 1.807) is 20.3 Å². The summed E-state index contributed by atoms with van der Waals surface area (Å²) in [7, 11) is 3.22. The molecule has 3 rings (SSSR count). The molecule has 1 amide bonds. The number of hydrogen-bond acceptors (Lipinski definition) is 4. The molecule has 27 heavy (non-hydrogen) atoms. The number of amides is 1. The molecule has 2 aromatic carbocycles. The Kier molecular flexibility index (Phi) is 6.26. The molecule has 0 atom stereocenters. The van der Waals surface area contributed by atoms with Crippen molar-refractivity contribution in [1.82, 2.24) is 5.32 Å². The molecule has 0 unspecified atom stereocenters. The second kappa shape index (κ2) is 8.65. The number of thiophene rings is 1. The Labute approximate surface area is 171 Å². The minimum atomic E-state index is -0.371. The zero-order valence-corrected chi connectivity index (χ0v) is 17.0. The van der Waals surface area contributed by atoms with E-state index in [9.17, 15) is 4.79 Å². The van der Waals surface area contributed by atoms with Crippen LogP contribution in [0.25, 0.3) is 0 Å². The Morgan fingerprint density at radius 1 is 0.926 bits per heavy atom. The van der Waals surface area contributed by atoms with Gasteiger partial charge in [-0.15, -0.1) is 11.3 Å². The maximum Gasteiger partial charge on any atom is 0.254 e. The molecule has 0 aliphatic carbocycles. The fraction of sp³-hybridized carbons (Fsp3) is 0.150. The number of benzene rings is 2. The first-order valence-electron chi connectivity index (χ1n) is 8.05. The quantitative estimate of drug-likeness (QED) is 0.563. The van der Waals surface area contributed by atoms with Gasteiger partial charge in [-0.3, -0.25) is 4.79 Å². The number of hydrogen-bond donors (Lipinski definition) is 1. The zero-order chi connectivity index (χ0) is 19.4. The van der Waals surface area contributed by atoms with Gasteiger partial charge in [0, 0.05) is 0 Å². The minimum Gasteiger partial charge on any atom is -0.497 e. The zero-order valence-electron chi connectivity index (χ0n) is 14.7. The van der Waals surface area contributed by atoms with Gasteiger partial charge in [-0.2, -0.15) is 0 Å². The topological polar surface area (TPSA) is 47.6 Å². The van der Waals surface area contributed by atoms with E-state index in [1.807, 2.05) is 48.5 Å². The van der Waals surface area contributed by atoms with Crippen LogP contribution in [-0.4, -0.2) is 20.1 Å². The van der Waals surface area contributed by atoms with Crippen molar-refractivity contribution in [2.45, 2.75) is 6.04 Å². The first kappa shape index (κ1) is 19.5. The van der Waals surface area contributed by atoms with E-state index in [0.717, 1.165) is 34.0 Å². The number of carbonyl (C=O) groups is 1. The van der Waals surface area contributed by atoms with Crippen molar-refractivity contribution < 1.29 is 14.3 Å². The Morgan fingerprint density at radius 2 is 1.41 bits per heavy atom. The average Bonchev–Trinajstić information content (AvgIpc) is 3.04. The third kappa shape index (κ3) is 4.56. The second-order valence-electron chi connectivity index (χ2n) is 5.69. The van der Waals surface area contributed by atoms with Crippen LogP contribution in [0.5, 0.6) is 11.5 Å². The monoisotopic (exact) mass is 421 g/mol. The molecule has 1 aromatic heterocycles. The summed E-state index contributed by atoms with van der Waals surface area (Å²) in [5.41, 5.74) is 2.18. The summed E-state index contributed by atoms with van der Waals surface area (Å²) < 4.78 is 11.3. The molecule has 0 aliphatic heterocycles. The number of carbonyl (C=O) groups excluding carboxylic acids is 1. The second-order valence-corrected chi connectivity index (χ2v) is 7.98. The molecule has 0 spiro atoms. The van der Waals surface area contributed by atoms with Crippen LogP contribution in [0.15, 0.2) is 54.6 Å². The lowest BCUT2D eigenvalue weighted by Gasteiger charge is -2.20. The standard InChI is InChI=1S/C20H17Cl2NO3S/c1-25-14-7-3-12(4-8-14)18(13-5-9-15(26-2)10-6-13)23-20(24)16-11-17(21)27-19(16)22/h3-11,18H,1-2H3,(H,23,24). The van der Waals surface area contributed by atoms with Crippen molar-refractivity contribution in [3.05, 3.63) is 80.0 Å². The molecule has 4 nitrogen and oxygen atoms in total. The van der Waals surface area contributed by atoms with Crippen molar-refractivity contribution in [2.75, 3.05) is 14.2 Å². The molecule has 0 saturated carbocycles. The lowest BCUT2D eigenvalue weighted by Crippen LogP contribution is -2.29. The molecule has 0 saturated heterocycles. The smallest absolute Gasteiger partial charge is 0.254 e. The molecule has 0 aliphatic rings. The normalized spacial score (nSPS) is 10.7. The van der Waals surface area contributed by atoms with Crippen molar-refractivity contribution in [3.8, 4) is 11.5 Å². The van der Waals surface area contributed by atoms with Gasteiger partial charge < -0.3 is 14.8 Å². The lowest BCUT2D eigenvalue weighted by atomic mass is 9.98. The first-order valence-corrected chi connectivity index (χ1v) is 9.62. The molecule has 0 fully saturated rings.